The van der Waals surface area contributed by atoms with Crippen molar-refractivity contribution in [3.05, 3.63) is 265 Å². The highest BCUT2D eigenvalue weighted by Crippen LogP contribution is 2.44. The van der Waals surface area contributed by atoms with Crippen molar-refractivity contribution in [1.29, 1.82) is 0 Å². The lowest BCUT2D eigenvalue weighted by Gasteiger charge is -2.37. The quantitative estimate of drug-likeness (QED) is 0.0896. The fraction of sp³-hybridized carbons (Fsp3) is 0.164. The van der Waals surface area contributed by atoms with Crippen LogP contribution in [0.2, 0.25) is 0 Å². The van der Waals surface area contributed by atoms with E-state index in [9.17, 15) is 9.59 Å². The lowest BCUT2D eigenvalue weighted by atomic mass is 9.77. The highest BCUT2D eigenvalue weighted by Gasteiger charge is 2.41. The van der Waals surface area contributed by atoms with Crippen LogP contribution >= 0.6 is 0 Å². The number of rotatable bonds is 14. The molecule has 7 aromatic carbocycles. The van der Waals surface area contributed by atoms with Crippen molar-refractivity contribution in [3.63, 3.8) is 0 Å². The van der Waals surface area contributed by atoms with Gasteiger partial charge in [0.15, 0.2) is 0 Å². The molecule has 2 fully saturated rings. The maximum absolute atomic E-state index is 13.7. The van der Waals surface area contributed by atoms with Crippen molar-refractivity contribution in [2.75, 3.05) is 50.0 Å². The summed E-state index contributed by atoms with van der Waals surface area (Å²) in [7, 11) is 0. The van der Waals surface area contributed by atoms with E-state index < -0.39 is 17.7 Å². The number of morpholine rings is 2. The number of nitrogens with zero attached hydrogens (tertiary/aromatic N) is 7. The Labute approximate surface area is 470 Å². The molecule has 0 bridgehead atoms. The molecule has 2 unspecified atom stereocenters. The minimum Gasteiger partial charge on any atom is -0.366 e. The molecule has 3 N–H and O–H groups in total. The third-order valence-corrected chi connectivity index (χ3v) is 15.0. The monoisotopic (exact) mass is 1070 g/mol. The van der Waals surface area contributed by atoms with Gasteiger partial charge in [0.05, 0.1) is 24.2 Å². The van der Waals surface area contributed by atoms with Gasteiger partial charge in [-0.2, -0.15) is 10.2 Å². The summed E-state index contributed by atoms with van der Waals surface area (Å²) >= 11 is 0. The zero-order chi connectivity index (χ0) is 54.8. The molecule has 81 heavy (non-hydrogen) atoms. The zero-order valence-electron chi connectivity index (χ0n) is 44.6. The molecule has 2 saturated heterocycles. The molecule has 14 heteroatoms. The molecule has 4 aromatic heterocycles. The number of nitrogens with one attached hydrogen (secondary N) is 3. The normalized spacial score (nSPS) is 15.9. The number of hydrogen-bond donors (Lipinski definition) is 3. The Morgan fingerprint density at radius 1 is 0.506 bits per heavy atom. The molecule has 14 nitrogen and oxygen atoms in total. The van der Waals surface area contributed by atoms with E-state index in [1.54, 1.807) is 24.8 Å². The summed E-state index contributed by atoms with van der Waals surface area (Å²) < 4.78 is 13.9. The van der Waals surface area contributed by atoms with Crippen molar-refractivity contribution in [3.8, 4) is 22.5 Å². The van der Waals surface area contributed by atoms with Gasteiger partial charge in [0, 0.05) is 97.3 Å². The van der Waals surface area contributed by atoms with E-state index in [0.717, 1.165) is 92.9 Å². The molecule has 0 saturated carbocycles. The minimum atomic E-state index is -0.809. The number of anilines is 2. The van der Waals surface area contributed by atoms with Crippen LogP contribution in [0, 0.1) is 0 Å². The Morgan fingerprint density at radius 2 is 0.938 bits per heavy atom. The number of pyridine rings is 2. The molecular formula is C67H60N10O4. The number of carbonyl (C=O) groups excluding carboxylic acids is 2. The van der Waals surface area contributed by atoms with Crippen LogP contribution in [0.5, 0.6) is 0 Å². The summed E-state index contributed by atoms with van der Waals surface area (Å²) in [6, 6.07) is 71.8. The molecule has 6 heterocycles. The van der Waals surface area contributed by atoms with E-state index in [4.69, 9.17) is 14.6 Å². The van der Waals surface area contributed by atoms with Gasteiger partial charge < -0.3 is 20.1 Å². The molecule has 402 valence electrons. The summed E-state index contributed by atoms with van der Waals surface area (Å²) in [5.74, 6) is -0.293. The van der Waals surface area contributed by atoms with E-state index in [1.165, 1.54) is 11.1 Å². The number of amides is 2. The predicted molar refractivity (Wildman–Crippen MR) is 317 cm³/mol. The predicted octanol–water partition coefficient (Wildman–Crippen LogP) is 11.2. The molecule has 11 aromatic rings. The smallest absolute Gasteiger partial charge is 0.254 e. The van der Waals surface area contributed by atoms with Gasteiger partial charge in [0.2, 0.25) is 0 Å². The van der Waals surface area contributed by atoms with Crippen LogP contribution in [0.15, 0.2) is 237 Å². The first-order valence-electron chi connectivity index (χ1n) is 27.3. The number of fused-ring (bicyclic) bond motifs is 2. The lowest BCUT2D eigenvalue weighted by molar-refractivity contribution is -0.133. The molecule has 13 rings (SSSR count). The first-order chi connectivity index (χ1) is 40.0. The van der Waals surface area contributed by atoms with E-state index in [-0.39, 0.29) is 11.8 Å². The highest BCUT2D eigenvalue weighted by molar-refractivity contribution is 6.01. The van der Waals surface area contributed by atoms with Crippen molar-refractivity contribution in [1.82, 2.24) is 39.7 Å². The zero-order valence-corrected chi connectivity index (χ0v) is 44.6. The summed E-state index contributed by atoms with van der Waals surface area (Å²) in [4.78, 5) is 39.5. The van der Waals surface area contributed by atoms with Crippen LogP contribution in [-0.4, -0.2) is 103 Å². The van der Waals surface area contributed by atoms with Gasteiger partial charge >= 0.3 is 0 Å². The molecule has 2 amide bonds. The van der Waals surface area contributed by atoms with E-state index in [0.29, 0.717) is 32.0 Å². The SMILES string of the molecule is O=C(Nc1ccc2[nH]nc(-c3ccncc3)c2c1)C1CN(Cc2ccccc2)CCO1.O=C(Nc1ccc2c(c1)c(-c1ccncc1)nn2C(c1ccccc1)(c1ccccc1)c1ccccc1)C1CN(Cc2ccccc2)CCO1. The van der Waals surface area contributed by atoms with Crippen LogP contribution in [0.3, 0.4) is 0 Å². The molecule has 0 aliphatic carbocycles. The van der Waals surface area contributed by atoms with Gasteiger partial charge in [0.1, 0.15) is 29.1 Å². The van der Waals surface area contributed by atoms with Crippen LogP contribution in [0.25, 0.3) is 44.3 Å². The van der Waals surface area contributed by atoms with E-state index in [2.05, 4.69) is 148 Å². The maximum Gasteiger partial charge on any atom is 0.254 e. The van der Waals surface area contributed by atoms with Crippen molar-refractivity contribution in [2.24, 2.45) is 0 Å². The molecular weight excluding hydrogens is 1010 g/mol. The van der Waals surface area contributed by atoms with Crippen LogP contribution in [0.4, 0.5) is 11.4 Å². The summed E-state index contributed by atoms with van der Waals surface area (Å²) in [5.41, 5.74) is 11.7. The Morgan fingerprint density at radius 3 is 1.42 bits per heavy atom. The van der Waals surface area contributed by atoms with Crippen LogP contribution in [-0.2, 0) is 37.7 Å². The minimum absolute atomic E-state index is 0.133. The van der Waals surface area contributed by atoms with E-state index >= 15 is 0 Å². The fourth-order valence-electron chi connectivity index (χ4n) is 11.0. The molecule has 2 aliphatic rings. The third kappa shape index (κ3) is 11.5. The number of carbonyl (C=O) groups is 2. The third-order valence-electron chi connectivity index (χ3n) is 15.0. The number of hydrogen-bond acceptors (Lipinski definition) is 10. The van der Waals surface area contributed by atoms with Crippen molar-refractivity contribution >= 4 is 45.0 Å². The Hall–Kier alpha value is -9.44. The van der Waals surface area contributed by atoms with Gasteiger partial charge in [-0.25, -0.2) is 4.68 Å². The van der Waals surface area contributed by atoms with Crippen molar-refractivity contribution < 1.29 is 19.1 Å². The first-order valence-corrected chi connectivity index (χ1v) is 27.3. The number of aromatic nitrogens is 6. The van der Waals surface area contributed by atoms with Gasteiger partial charge in [0.25, 0.3) is 11.8 Å². The first kappa shape index (κ1) is 52.3. The van der Waals surface area contributed by atoms with Crippen LogP contribution in [0.1, 0.15) is 27.8 Å². The molecule has 0 spiro atoms. The van der Waals surface area contributed by atoms with Gasteiger partial charge in [-0.1, -0.05) is 152 Å². The van der Waals surface area contributed by atoms with Gasteiger partial charge in [-0.3, -0.25) is 34.5 Å². The average Bonchev–Trinajstić information content (AvgIpc) is 4.16. The van der Waals surface area contributed by atoms with Crippen molar-refractivity contribution in [2.45, 2.75) is 30.8 Å². The maximum atomic E-state index is 13.7. The highest BCUT2D eigenvalue weighted by atomic mass is 16.5. The number of aromatic amines is 1. The lowest BCUT2D eigenvalue weighted by Crippen LogP contribution is -2.47. The van der Waals surface area contributed by atoms with Crippen LogP contribution < -0.4 is 10.6 Å². The topological polar surface area (TPSA) is 155 Å². The Balaban J connectivity index is 0.000000180. The van der Waals surface area contributed by atoms with Gasteiger partial charge in [-0.05, 0) is 88.5 Å². The second-order valence-electron chi connectivity index (χ2n) is 20.2. The second kappa shape index (κ2) is 24.3. The summed E-state index contributed by atoms with van der Waals surface area (Å²) in [5, 5.41) is 21.0. The summed E-state index contributed by atoms with van der Waals surface area (Å²) in [6.45, 7) is 5.32. The Kier molecular flexibility index (Phi) is 15.7. The second-order valence-corrected chi connectivity index (χ2v) is 20.2. The number of H-pyrrole nitrogens is 1. The summed E-state index contributed by atoms with van der Waals surface area (Å²) in [6.07, 6.45) is 5.97. The number of ether oxygens (including phenoxy) is 2. The number of benzene rings is 7. The largest absolute Gasteiger partial charge is 0.366 e. The molecule has 0 radical (unpaired) electrons. The molecule has 2 aliphatic heterocycles. The molecule has 2 atom stereocenters. The van der Waals surface area contributed by atoms with Gasteiger partial charge in [-0.15, -0.1) is 0 Å². The average molecular weight is 1070 g/mol. The fourth-order valence-corrected chi connectivity index (χ4v) is 11.0. The standard InChI is InChI=1S/C43H37N5O2.C24H23N5O2/c49-42(40-31-47(27-28-50-40)30-32-13-5-1-6-14-32)45-37-21-22-39-38(29-37)41(33-23-25-44-26-24-33)46-48(39)43(34-15-7-2-8-16-34,35-17-9-3-10-18-35)36-19-11-4-12-20-36;30-24(22-16-29(12-13-31-22)15-17-4-2-1-3-5-17)26-19-6-7-21-20(14-19)23(28-27-21)18-8-10-25-11-9-18/h1-26,29,40H,27-28,30-31H2,(H,45,49);1-11,14,22H,12-13,15-16H2,(H,26,30)(H,27,28). The van der Waals surface area contributed by atoms with E-state index in [1.807, 2.05) is 109 Å². The Bertz CT molecular complexity index is 3760.